The summed E-state index contributed by atoms with van der Waals surface area (Å²) in [5, 5.41) is 21.3. The maximum absolute atomic E-state index is 10.5. The van der Waals surface area contributed by atoms with Crippen molar-refractivity contribution in [3.05, 3.63) is 47.0 Å². The van der Waals surface area contributed by atoms with Crippen LogP contribution in [0.15, 0.2) is 36.4 Å². The van der Waals surface area contributed by atoms with E-state index in [0.29, 0.717) is 17.9 Å². The molecule has 0 fully saturated rings. The summed E-state index contributed by atoms with van der Waals surface area (Å²) in [6.07, 6.45) is 0.287. The Morgan fingerprint density at radius 2 is 1.84 bits per heavy atom. The SMILES string of the molecule is O=C(O)CCCC(O)c1ccc(Cl)c2ccccc12. The van der Waals surface area contributed by atoms with E-state index in [0.717, 1.165) is 16.3 Å². The Kier molecular flexibility index (Phi) is 4.40. The molecule has 2 aromatic carbocycles. The van der Waals surface area contributed by atoms with Crippen LogP contribution in [0.25, 0.3) is 10.8 Å². The van der Waals surface area contributed by atoms with Crippen LogP contribution in [0.4, 0.5) is 0 Å². The molecule has 0 spiro atoms. The second-order valence-corrected chi connectivity index (χ2v) is 4.89. The Labute approximate surface area is 116 Å². The monoisotopic (exact) mass is 278 g/mol. The number of hydrogen-bond donors (Lipinski definition) is 2. The number of halogens is 1. The second kappa shape index (κ2) is 6.04. The van der Waals surface area contributed by atoms with Gasteiger partial charge >= 0.3 is 5.97 Å². The number of aliphatic hydroxyl groups excluding tert-OH is 1. The van der Waals surface area contributed by atoms with Gasteiger partial charge in [0.15, 0.2) is 0 Å². The molecule has 0 aromatic heterocycles. The summed E-state index contributed by atoms with van der Waals surface area (Å²) < 4.78 is 0. The average Bonchev–Trinajstić information content (AvgIpc) is 2.39. The zero-order chi connectivity index (χ0) is 13.8. The molecule has 2 N–H and O–H groups in total. The summed E-state index contributed by atoms with van der Waals surface area (Å²) in [5.41, 5.74) is 0.797. The molecular weight excluding hydrogens is 264 g/mol. The van der Waals surface area contributed by atoms with Gasteiger partial charge in [-0.1, -0.05) is 41.9 Å². The number of carboxylic acids is 1. The lowest BCUT2D eigenvalue weighted by Gasteiger charge is -2.14. The van der Waals surface area contributed by atoms with Crippen LogP contribution in [0.3, 0.4) is 0 Å². The summed E-state index contributed by atoms with van der Waals surface area (Å²) in [4.78, 5) is 10.5. The highest BCUT2D eigenvalue weighted by Crippen LogP contribution is 2.31. The molecule has 0 aliphatic carbocycles. The van der Waals surface area contributed by atoms with Gasteiger partial charge in [-0.05, 0) is 29.9 Å². The van der Waals surface area contributed by atoms with E-state index >= 15 is 0 Å². The van der Waals surface area contributed by atoms with Crippen LogP contribution in [0.1, 0.15) is 30.9 Å². The fourth-order valence-electron chi connectivity index (χ4n) is 2.18. The molecule has 0 saturated heterocycles. The molecule has 2 aromatic rings. The van der Waals surface area contributed by atoms with Crippen molar-refractivity contribution in [2.24, 2.45) is 0 Å². The number of fused-ring (bicyclic) bond motifs is 1. The first kappa shape index (κ1) is 13.8. The van der Waals surface area contributed by atoms with E-state index < -0.39 is 12.1 Å². The number of hydrogen-bond acceptors (Lipinski definition) is 2. The van der Waals surface area contributed by atoms with Gasteiger partial charge in [0.25, 0.3) is 0 Å². The standard InChI is InChI=1S/C15H15ClO3/c16-13-9-8-12(10-4-1-2-5-11(10)13)14(17)6-3-7-15(18)19/h1-2,4-5,8-9,14,17H,3,6-7H2,(H,18,19). The fraction of sp³-hybridized carbons (Fsp3) is 0.267. The van der Waals surface area contributed by atoms with Crippen molar-refractivity contribution in [3.8, 4) is 0 Å². The summed E-state index contributed by atoms with van der Waals surface area (Å²) in [5.74, 6) is -0.840. The van der Waals surface area contributed by atoms with E-state index in [9.17, 15) is 9.90 Å². The topological polar surface area (TPSA) is 57.5 Å². The van der Waals surface area contributed by atoms with E-state index in [4.69, 9.17) is 16.7 Å². The molecule has 2 rings (SSSR count). The van der Waals surface area contributed by atoms with Crippen molar-refractivity contribution in [2.45, 2.75) is 25.4 Å². The van der Waals surface area contributed by atoms with E-state index in [1.54, 1.807) is 12.1 Å². The Morgan fingerprint density at radius 1 is 1.16 bits per heavy atom. The molecule has 19 heavy (non-hydrogen) atoms. The van der Waals surface area contributed by atoms with Crippen molar-refractivity contribution in [3.63, 3.8) is 0 Å². The molecule has 0 bridgehead atoms. The van der Waals surface area contributed by atoms with E-state index in [1.807, 2.05) is 24.3 Å². The highest BCUT2D eigenvalue weighted by Gasteiger charge is 2.13. The Hall–Kier alpha value is -1.58. The number of carboxylic acid groups (broad SMARTS) is 1. The third-order valence-electron chi connectivity index (χ3n) is 3.13. The summed E-state index contributed by atoms with van der Waals surface area (Å²) in [6.45, 7) is 0. The molecule has 0 saturated carbocycles. The molecule has 1 unspecified atom stereocenters. The minimum absolute atomic E-state index is 0.0720. The predicted molar refractivity (Wildman–Crippen MR) is 75.4 cm³/mol. The third-order valence-corrected chi connectivity index (χ3v) is 3.46. The minimum atomic E-state index is -0.840. The highest BCUT2D eigenvalue weighted by molar-refractivity contribution is 6.35. The molecule has 100 valence electrons. The van der Waals surface area contributed by atoms with Crippen LogP contribution in [-0.4, -0.2) is 16.2 Å². The van der Waals surface area contributed by atoms with E-state index in [1.165, 1.54) is 0 Å². The van der Waals surface area contributed by atoms with Gasteiger partial charge in [0.1, 0.15) is 0 Å². The van der Waals surface area contributed by atoms with Crippen LogP contribution in [-0.2, 0) is 4.79 Å². The molecule has 0 amide bonds. The van der Waals surface area contributed by atoms with Crippen molar-refractivity contribution in [1.82, 2.24) is 0 Å². The maximum atomic E-state index is 10.5. The zero-order valence-corrected chi connectivity index (χ0v) is 11.1. The number of aliphatic hydroxyl groups is 1. The average molecular weight is 279 g/mol. The van der Waals surface area contributed by atoms with Crippen molar-refractivity contribution in [1.29, 1.82) is 0 Å². The van der Waals surface area contributed by atoms with Gasteiger partial charge in [0.05, 0.1) is 6.10 Å². The van der Waals surface area contributed by atoms with Crippen LogP contribution >= 0.6 is 11.6 Å². The first-order valence-corrected chi connectivity index (χ1v) is 6.54. The molecule has 3 nitrogen and oxygen atoms in total. The molecule has 0 radical (unpaired) electrons. The van der Waals surface area contributed by atoms with Gasteiger partial charge in [-0.2, -0.15) is 0 Å². The van der Waals surface area contributed by atoms with Gasteiger partial charge in [-0.25, -0.2) is 0 Å². The number of carbonyl (C=O) groups is 1. The van der Waals surface area contributed by atoms with Crippen LogP contribution < -0.4 is 0 Å². The van der Waals surface area contributed by atoms with Crippen molar-refractivity contribution in [2.75, 3.05) is 0 Å². The van der Waals surface area contributed by atoms with E-state index in [2.05, 4.69) is 0 Å². The smallest absolute Gasteiger partial charge is 0.303 e. The van der Waals surface area contributed by atoms with Crippen LogP contribution in [0.2, 0.25) is 5.02 Å². The van der Waals surface area contributed by atoms with E-state index in [-0.39, 0.29) is 6.42 Å². The lowest BCUT2D eigenvalue weighted by Crippen LogP contribution is -2.01. The summed E-state index contributed by atoms with van der Waals surface area (Å²) >= 11 is 6.12. The van der Waals surface area contributed by atoms with Crippen molar-refractivity contribution >= 4 is 28.3 Å². The first-order chi connectivity index (χ1) is 9.09. The van der Waals surface area contributed by atoms with Gasteiger partial charge in [-0.3, -0.25) is 4.79 Å². The quantitative estimate of drug-likeness (QED) is 0.875. The zero-order valence-electron chi connectivity index (χ0n) is 10.3. The maximum Gasteiger partial charge on any atom is 0.303 e. The highest BCUT2D eigenvalue weighted by atomic mass is 35.5. The van der Waals surface area contributed by atoms with Gasteiger partial charge in [-0.15, -0.1) is 0 Å². The number of benzene rings is 2. The lowest BCUT2D eigenvalue weighted by atomic mass is 9.97. The van der Waals surface area contributed by atoms with Gasteiger partial charge in [0.2, 0.25) is 0 Å². The lowest BCUT2D eigenvalue weighted by molar-refractivity contribution is -0.137. The Bertz CT molecular complexity index is 595. The third kappa shape index (κ3) is 3.25. The number of rotatable bonds is 5. The van der Waals surface area contributed by atoms with Crippen LogP contribution in [0.5, 0.6) is 0 Å². The molecule has 0 aliphatic heterocycles. The largest absolute Gasteiger partial charge is 0.481 e. The van der Waals surface area contributed by atoms with Gasteiger partial charge in [0, 0.05) is 16.8 Å². The molecular formula is C15H15ClO3. The normalized spacial score (nSPS) is 12.5. The second-order valence-electron chi connectivity index (χ2n) is 4.48. The molecule has 1 atom stereocenters. The fourth-order valence-corrected chi connectivity index (χ4v) is 2.41. The first-order valence-electron chi connectivity index (χ1n) is 6.16. The van der Waals surface area contributed by atoms with Crippen molar-refractivity contribution < 1.29 is 15.0 Å². The molecule has 0 heterocycles. The molecule has 0 aliphatic rings. The summed E-state index contributed by atoms with van der Waals surface area (Å²) in [6, 6.07) is 11.2. The van der Waals surface area contributed by atoms with Crippen LogP contribution in [0, 0.1) is 0 Å². The molecule has 4 heteroatoms. The van der Waals surface area contributed by atoms with Gasteiger partial charge < -0.3 is 10.2 Å². The summed E-state index contributed by atoms with van der Waals surface area (Å²) in [7, 11) is 0. The predicted octanol–water partition coefficient (Wildman–Crippen LogP) is 3.78. The number of aliphatic carboxylic acids is 1. The Balaban J connectivity index is 2.24. The minimum Gasteiger partial charge on any atom is -0.481 e. The Morgan fingerprint density at radius 3 is 2.53 bits per heavy atom.